The molecule has 33 heavy (non-hydrogen) atoms. The summed E-state index contributed by atoms with van der Waals surface area (Å²) in [6.45, 7) is 2.89. The minimum Gasteiger partial charge on any atom is -0.378 e. The minimum atomic E-state index is -0.0629. The summed E-state index contributed by atoms with van der Waals surface area (Å²) in [7, 11) is 1.62. The molecule has 0 saturated carbocycles. The van der Waals surface area contributed by atoms with E-state index >= 15 is 0 Å². The fraction of sp³-hybridized carbons (Fsp3) is 0.240. The molecule has 1 saturated heterocycles. The van der Waals surface area contributed by atoms with Gasteiger partial charge in [0.05, 0.1) is 34.3 Å². The normalized spacial score (nSPS) is 14.1. The van der Waals surface area contributed by atoms with E-state index in [1.54, 1.807) is 17.8 Å². The molecule has 2 aromatic carbocycles. The first-order valence-electron chi connectivity index (χ1n) is 10.9. The second kappa shape index (κ2) is 9.21. The van der Waals surface area contributed by atoms with Crippen molar-refractivity contribution in [1.82, 2.24) is 19.5 Å². The van der Waals surface area contributed by atoms with Gasteiger partial charge < -0.3 is 14.5 Å². The van der Waals surface area contributed by atoms with Crippen molar-refractivity contribution in [2.24, 2.45) is 0 Å². The lowest BCUT2D eigenvalue weighted by Gasteiger charge is -2.36. The van der Waals surface area contributed by atoms with Gasteiger partial charge >= 0.3 is 0 Å². The summed E-state index contributed by atoms with van der Waals surface area (Å²) < 4.78 is 7.16. The van der Waals surface area contributed by atoms with Crippen molar-refractivity contribution in [1.29, 1.82) is 0 Å². The lowest BCUT2D eigenvalue weighted by atomic mass is 10.1. The number of methoxy groups -OCH3 is 1. The Bertz CT molecular complexity index is 1280. The Balaban J connectivity index is 1.41. The SMILES string of the molecule is COCc1c(C(=O)N2CCN(c3ccccc3Cl)CC2)cnc2cc(-c3ccccc3)nn12. The minimum absolute atomic E-state index is 0.0629. The van der Waals surface area contributed by atoms with Crippen LogP contribution in [0, 0.1) is 0 Å². The molecular weight excluding hydrogens is 438 g/mol. The monoisotopic (exact) mass is 461 g/mol. The van der Waals surface area contributed by atoms with Gasteiger partial charge in [-0.05, 0) is 12.1 Å². The number of hydrogen-bond donors (Lipinski definition) is 0. The van der Waals surface area contributed by atoms with Crippen LogP contribution in [0.3, 0.4) is 0 Å². The smallest absolute Gasteiger partial charge is 0.257 e. The average Bonchev–Trinajstić information content (AvgIpc) is 3.30. The number of piperazine rings is 1. The third kappa shape index (κ3) is 4.17. The standard InChI is InChI=1S/C25H24ClN5O2/c1-33-17-23-19(16-27-24-15-21(28-31(23)24)18-7-3-2-4-8-18)25(32)30-13-11-29(12-14-30)22-10-6-5-9-20(22)26/h2-10,15-16H,11-14,17H2,1H3. The number of amides is 1. The quantitative estimate of drug-likeness (QED) is 0.446. The molecule has 8 heteroatoms. The Labute approximate surface area is 197 Å². The van der Waals surface area contributed by atoms with Crippen LogP contribution in [0.2, 0.25) is 5.02 Å². The number of anilines is 1. The molecule has 168 valence electrons. The first-order valence-corrected chi connectivity index (χ1v) is 11.2. The van der Waals surface area contributed by atoms with Gasteiger partial charge in [0.25, 0.3) is 5.91 Å². The molecule has 0 aliphatic carbocycles. The molecule has 1 aliphatic rings. The van der Waals surface area contributed by atoms with Gasteiger partial charge in [-0.15, -0.1) is 0 Å². The molecule has 0 bridgehead atoms. The van der Waals surface area contributed by atoms with Gasteiger partial charge in [-0.3, -0.25) is 4.79 Å². The molecule has 0 atom stereocenters. The Morgan fingerprint density at radius 3 is 2.48 bits per heavy atom. The van der Waals surface area contributed by atoms with Crippen LogP contribution in [-0.2, 0) is 11.3 Å². The Morgan fingerprint density at radius 1 is 1.03 bits per heavy atom. The predicted molar refractivity (Wildman–Crippen MR) is 129 cm³/mol. The summed E-state index contributed by atoms with van der Waals surface area (Å²) in [6, 6.07) is 19.6. The molecule has 0 radical (unpaired) electrons. The zero-order valence-electron chi connectivity index (χ0n) is 18.3. The van der Waals surface area contributed by atoms with Crippen LogP contribution in [0.4, 0.5) is 5.69 Å². The van der Waals surface area contributed by atoms with Crippen LogP contribution in [0.5, 0.6) is 0 Å². The Morgan fingerprint density at radius 2 is 1.76 bits per heavy atom. The molecule has 1 amide bonds. The first-order chi connectivity index (χ1) is 16.2. The van der Waals surface area contributed by atoms with Crippen molar-refractivity contribution in [3.8, 4) is 11.3 Å². The van der Waals surface area contributed by atoms with Crippen molar-refractivity contribution in [2.45, 2.75) is 6.61 Å². The number of ether oxygens (including phenoxy) is 1. The number of para-hydroxylation sites is 1. The highest BCUT2D eigenvalue weighted by Crippen LogP contribution is 2.27. The largest absolute Gasteiger partial charge is 0.378 e. The van der Waals surface area contributed by atoms with E-state index in [1.165, 1.54) is 0 Å². The van der Waals surface area contributed by atoms with Crippen LogP contribution in [0.15, 0.2) is 66.9 Å². The summed E-state index contributed by atoms with van der Waals surface area (Å²) in [4.78, 5) is 22.1. The molecule has 1 fully saturated rings. The Hall–Kier alpha value is -3.42. The van der Waals surface area contributed by atoms with E-state index in [-0.39, 0.29) is 12.5 Å². The van der Waals surface area contributed by atoms with Crippen molar-refractivity contribution in [3.63, 3.8) is 0 Å². The second-order valence-corrected chi connectivity index (χ2v) is 8.36. The number of carbonyl (C=O) groups excluding carboxylic acids is 1. The molecular formula is C25H24ClN5O2. The number of halogens is 1. The number of hydrogen-bond acceptors (Lipinski definition) is 5. The fourth-order valence-corrected chi connectivity index (χ4v) is 4.47. The van der Waals surface area contributed by atoms with Gasteiger partial charge in [-0.2, -0.15) is 5.10 Å². The third-order valence-corrected chi connectivity index (χ3v) is 6.24. The number of fused-ring (bicyclic) bond motifs is 1. The maximum absolute atomic E-state index is 13.5. The number of rotatable bonds is 5. The van der Waals surface area contributed by atoms with E-state index in [2.05, 4.69) is 9.88 Å². The molecule has 0 unspecified atom stereocenters. The van der Waals surface area contributed by atoms with Crippen molar-refractivity contribution in [3.05, 3.63) is 83.1 Å². The molecule has 7 nitrogen and oxygen atoms in total. The van der Waals surface area contributed by atoms with E-state index in [9.17, 15) is 4.79 Å². The summed E-state index contributed by atoms with van der Waals surface area (Å²) >= 11 is 6.36. The highest BCUT2D eigenvalue weighted by atomic mass is 35.5. The third-order valence-electron chi connectivity index (χ3n) is 5.92. The number of benzene rings is 2. The molecule has 3 heterocycles. The molecule has 2 aromatic heterocycles. The molecule has 5 rings (SSSR count). The molecule has 0 N–H and O–H groups in total. The van der Waals surface area contributed by atoms with Crippen LogP contribution >= 0.6 is 11.6 Å². The van der Waals surface area contributed by atoms with Gasteiger partial charge in [0.2, 0.25) is 0 Å². The summed E-state index contributed by atoms with van der Waals surface area (Å²) in [5, 5.41) is 5.46. The van der Waals surface area contributed by atoms with Gasteiger partial charge in [-0.1, -0.05) is 54.1 Å². The van der Waals surface area contributed by atoms with Gasteiger partial charge in [0.15, 0.2) is 5.65 Å². The van der Waals surface area contributed by atoms with E-state index < -0.39 is 0 Å². The maximum Gasteiger partial charge on any atom is 0.257 e. The number of nitrogens with zero attached hydrogens (tertiary/aromatic N) is 5. The van der Waals surface area contributed by atoms with Crippen LogP contribution in [0.25, 0.3) is 16.9 Å². The summed E-state index contributed by atoms with van der Waals surface area (Å²) in [6.07, 6.45) is 1.64. The average molecular weight is 462 g/mol. The van der Waals surface area contributed by atoms with Crippen molar-refractivity contribution >= 4 is 28.8 Å². The second-order valence-electron chi connectivity index (χ2n) is 7.95. The summed E-state index contributed by atoms with van der Waals surface area (Å²) in [5.41, 5.74) is 4.69. The van der Waals surface area contributed by atoms with Crippen molar-refractivity contribution < 1.29 is 9.53 Å². The first kappa shape index (κ1) is 21.4. The predicted octanol–water partition coefficient (Wildman–Crippen LogP) is 4.16. The number of carbonyl (C=O) groups is 1. The van der Waals surface area contributed by atoms with Crippen LogP contribution in [0.1, 0.15) is 16.1 Å². The van der Waals surface area contributed by atoms with Crippen LogP contribution < -0.4 is 4.90 Å². The number of aromatic nitrogens is 3. The lowest BCUT2D eigenvalue weighted by molar-refractivity contribution is 0.0739. The topological polar surface area (TPSA) is 63.0 Å². The van der Waals surface area contributed by atoms with Gasteiger partial charge in [0, 0.05) is 51.1 Å². The van der Waals surface area contributed by atoms with Crippen molar-refractivity contribution in [2.75, 3.05) is 38.2 Å². The van der Waals surface area contributed by atoms with Crippen LogP contribution in [-0.4, -0.2) is 58.7 Å². The van der Waals surface area contributed by atoms with Gasteiger partial charge in [0.1, 0.15) is 0 Å². The van der Waals surface area contributed by atoms with E-state index in [4.69, 9.17) is 21.4 Å². The molecule has 1 aliphatic heterocycles. The van der Waals surface area contributed by atoms with E-state index in [0.717, 1.165) is 22.0 Å². The highest BCUT2D eigenvalue weighted by molar-refractivity contribution is 6.33. The summed E-state index contributed by atoms with van der Waals surface area (Å²) in [5.74, 6) is -0.0629. The highest BCUT2D eigenvalue weighted by Gasteiger charge is 2.26. The Kier molecular flexibility index (Phi) is 5.98. The lowest BCUT2D eigenvalue weighted by Crippen LogP contribution is -2.49. The zero-order valence-corrected chi connectivity index (χ0v) is 19.1. The van der Waals surface area contributed by atoms with E-state index in [0.29, 0.717) is 43.1 Å². The zero-order chi connectivity index (χ0) is 22.8. The molecule has 4 aromatic rings. The maximum atomic E-state index is 13.5. The fourth-order valence-electron chi connectivity index (χ4n) is 4.21. The van der Waals surface area contributed by atoms with E-state index in [1.807, 2.05) is 65.6 Å². The van der Waals surface area contributed by atoms with Gasteiger partial charge in [-0.25, -0.2) is 9.50 Å². The molecule has 0 spiro atoms.